The average molecular weight is 358 g/mol. The number of carbonyl (C=O) groups excluding carboxylic acids is 1. The van der Waals surface area contributed by atoms with Crippen LogP contribution in [0.5, 0.6) is 0 Å². The summed E-state index contributed by atoms with van der Waals surface area (Å²) in [4.78, 5) is 42.7. The van der Waals surface area contributed by atoms with Crippen LogP contribution >= 0.6 is 0 Å². The first-order valence-electron chi connectivity index (χ1n) is 7.73. The number of rotatable bonds is 6. The Bertz CT molecular complexity index is 1020. The van der Waals surface area contributed by atoms with Gasteiger partial charge in [0.2, 0.25) is 0 Å². The zero-order chi connectivity index (χ0) is 18.5. The minimum absolute atomic E-state index is 0.170. The fourth-order valence-electron chi connectivity index (χ4n) is 2.34. The number of hydrogen-bond donors (Lipinski definition) is 2. The van der Waals surface area contributed by atoms with Crippen LogP contribution in [0.25, 0.3) is 0 Å². The molecule has 0 aliphatic carbocycles. The molecule has 0 aliphatic rings. The maximum Gasteiger partial charge on any atom is 0.328 e. The molecule has 3 aromatic rings. The van der Waals surface area contributed by atoms with Gasteiger partial charge in [-0.15, -0.1) is 0 Å². The van der Waals surface area contributed by atoms with Crippen LogP contribution in [0, 0.1) is 5.82 Å². The summed E-state index contributed by atoms with van der Waals surface area (Å²) in [5, 5.41) is 6.45. The number of nitrogens with one attached hydrogen (secondary N) is 2. The molecule has 2 N–H and O–H groups in total. The summed E-state index contributed by atoms with van der Waals surface area (Å²) >= 11 is 0. The first-order valence-corrected chi connectivity index (χ1v) is 7.73. The van der Waals surface area contributed by atoms with Crippen LogP contribution in [0.2, 0.25) is 0 Å². The van der Waals surface area contributed by atoms with E-state index in [0.29, 0.717) is 6.54 Å². The molecule has 0 unspecified atom stereocenters. The maximum atomic E-state index is 13.8. The first kappa shape index (κ1) is 17.3. The molecule has 1 aromatic carbocycles. The van der Waals surface area contributed by atoms with E-state index in [4.69, 9.17) is 0 Å². The highest BCUT2D eigenvalue weighted by molar-refractivity contribution is 5.93. The van der Waals surface area contributed by atoms with Crippen molar-refractivity contribution < 1.29 is 9.18 Å². The van der Waals surface area contributed by atoms with Gasteiger partial charge in [-0.25, -0.2) is 14.2 Å². The van der Waals surface area contributed by atoms with Gasteiger partial charge in [0.25, 0.3) is 11.5 Å². The molecule has 9 nitrogen and oxygen atoms in total. The number of carbonyl (C=O) groups is 1. The van der Waals surface area contributed by atoms with E-state index in [-0.39, 0.29) is 24.2 Å². The maximum absolute atomic E-state index is 13.8. The molecule has 26 heavy (non-hydrogen) atoms. The van der Waals surface area contributed by atoms with E-state index in [9.17, 15) is 18.8 Å². The van der Waals surface area contributed by atoms with Crippen molar-refractivity contribution >= 4 is 5.91 Å². The van der Waals surface area contributed by atoms with Gasteiger partial charge >= 0.3 is 5.69 Å². The fourth-order valence-corrected chi connectivity index (χ4v) is 2.34. The highest BCUT2D eigenvalue weighted by atomic mass is 19.1. The fraction of sp³-hybridized carbons (Fsp3) is 0.188. The van der Waals surface area contributed by atoms with Crippen molar-refractivity contribution in [2.75, 3.05) is 6.54 Å². The quantitative estimate of drug-likeness (QED) is 0.630. The largest absolute Gasteiger partial charge is 0.350 e. The Labute approximate surface area is 146 Å². The molecule has 0 spiro atoms. The molecule has 0 atom stereocenters. The third kappa shape index (κ3) is 3.74. The van der Waals surface area contributed by atoms with Gasteiger partial charge in [0.05, 0.1) is 13.1 Å². The molecule has 2 aromatic heterocycles. The molecule has 1 amide bonds. The van der Waals surface area contributed by atoms with Crippen molar-refractivity contribution in [2.24, 2.45) is 0 Å². The van der Waals surface area contributed by atoms with E-state index in [1.165, 1.54) is 35.5 Å². The molecule has 0 radical (unpaired) electrons. The lowest BCUT2D eigenvalue weighted by atomic mass is 10.2. The van der Waals surface area contributed by atoms with E-state index < -0.39 is 23.0 Å². The number of benzene rings is 1. The zero-order valence-corrected chi connectivity index (χ0v) is 13.6. The van der Waals surface area contributed by atoms with Gasteiger partial charge in [0.15, 0.2) is 0 Å². The molecular weight excluding hydrogens is 343 g/mol. The van der Waals surface area contributed by atoms with Crippen molar-refractivity contribution in [1.82, 2.24) is 29.6 Å². The van der Waals surface area contributed by atoms with Gasteiger partial charge in [-0.2, -0.15) is 5.10 Å². The molecule has 2 heterocycles. The van der Waals surface area contributed by atoms with Crippen molar-refractivity contribution in [1.29, 1.82) is 0 Å². The van der Waals surface area contributed by atoms with Crippen LogP contribution in [0.15, 0.2) is 52.7 Å². The van der Waals surface area contributed by atoms with E-state index in [2.05, 4.69) is 20.4 Å². The summed E-state index contributed by atoms with van der Waals surface area (Å²) in [7, 11) is 0. The molecule has 0 aliphatic heterocycles. The standard InChI is InChI=1S/C16H15FN6O3/c17-13-4-2-1-3-11(13)8-23-15(25)12(7-20-16(23)26)14(24)19-5-6-22-10-18-9-21-22/h1-4,7,9-10H,5-6,8H2,(H,19,24)(H,20,26). The van der Waals surface area contributed by atoms with Gasteiger partial charge in [-0.05, 0) is 6.07 Å². The summed E-state index contributed by atoms with van der Waals surface area (Å²) in [6, 6.07) is 5.80. The second-order valence-corrected chi connectivity index (χ2v) is 5.40. The normalized spacial score (nSPS) is 10.7. The number of amides is 1. The molecule has 3 rings (SSSR count). The number of hydrogen-bond acceptors (Lipinski definition) is 5. The van der Waals surface area contributed by atoms with E-state index in [1.807, 2.05) is 0 Å². The van der Waals surface area contributed by atoms with Crippen molar-refractivity contribution in [3.63, 3.8) is 0 Å². The van der Waals surface area contributed by atoms with Crippen LogP contribution in [-0.2, 0) is 13.1 Å². The van der Waals surface area contributed by atoms with Gasteiger partial charge in [0.1, 0.15) is 24.0 Å². The smallest absolute Gasteiger partial charge is 0.328 e. The lowest BCUT2D eigenvalue weighted by Gasteiger charge is -2.09. The van der Waals surface area contributed by atoms with Gasteiger partial charge < -0.3 is 10.3 Å². The van der Waals surface area contributed by atoms with Crippen molar-refractivity contribution in [2.45, 2.75) is 13.1 Å². The average Bonchev–Trinajstić information content (AvgIpc) is 3.13. The SMILES string of the molecule is O=C(NCCn1cncn1)c1c[nH]c(=O)n(Cc2ccccc2F)c1=O. The summed E-state index contributed by atoms with van der Waals surface area (Å²) in [6.07, 6.45) is 3.91. The molecule has 134 valence electrons. The van der Waals surface area contributed by atoms with Crippen LogP contribution in [0.1, 0.15) is 15.9 Å². The van der Waals surface area contributed by atoms with Crippen molar-refractivity contribution in [3.8, 4) is 0 Å². The number of nitrogens with zero attached hydrogens (tertiary/aromatic N) is 4. The van der Waals surface area contributed by atoms with Crippen LogP contribution in [0.3, 0.4) is 0 Å². The summed E-state index contributed by atoms with van der Waals surface area (Å²) in [5.74, 6) is -1.19. The zero-order valence-electron chi connectivity index (χ0n) is 13.6. The highest BCUT2D eigenvalue weighted by Gasteiger charge is 2.15. The minimum Gasteiger partial charge on any atom is -0.350 e. The molecular formula is C16H15FN6O3. The van der Waals surface area contributed by atoms with E-state index in [1.54, 1.807) is 6.07 Å². The Morgan fingerprint density at radius 1 is 1.27 bits per heavy atom. The molecule has 0 bridgehead atoms. The van der Waals surface area contributed by atoms with Crippen molar-refractivity contribution in [3.05, 3.63) is 80.9 Å². The lowest BCUT2D eigenvalue weighted by molar-refractivity contribution is 0.0949. The monoisotopic (exact) mass is 358 g/mol. The van der Waals surface area contributed by atoms with Gasteiger partial charge in [-0.1, -0.05) is 18.2 Å². The Kier molecular flexibility index (Phi) is 5.02. The van der Waals surface area contributed by atoms with Crippen LogP contribution in [0.4, 0.5) is 4.39 Å². The van der Waals surface area contributed by atoms with Crippen LogP contribution in [-0.4, -0.2) is 36.8 Å². The molecule has 10 heteroatoms. The second kappa shape index (κ2) is 7.55. The molecule has 0 fully saturated rings. The Morgan fingerprint density at radius 3 is 2.81 bits per heavy atom. The predicted molar refractivity (Wildman–Crippen MR) is 89.2 cm³/mol. The lowest BCUT2D eigenvalue weighted by Crippen LogP contribution is -2.41. The third-order valence-corrected chi connectivity index (χ3v) is 3.68. The van der Waals surface area contributed by atoms with E-state index in [0.717, 1.165) is 10.8 Å². The Morgan fingerprint density at radius 2 is 2.08 bits per heavy atom. The molecule has 0 saturated heterocycles. The summed E-state index contributed by atoms with van der Waals surface area (Å²) in [6.45, 7) is 0.313. The highest BCUT2D eigenvalue weighted by Crippen LogP contribution is 2.06. The number of aromatic amines is 1. The Balaban J connectivity index is 1.78. The van der Waals surface area contributed by atoms with Gasteiger partial charge in [0, 0.05) is 18.3 Å². The third-order valence-electron chi connectivity index (χ3n) is 3.68. The summed E-state index contributed by atoms with van der Waals surface area (Å²) in [5.41, 5.74) is -1.59. The number of H-pyrrole nitrogens is 1. The summed E-state index contributed by atoms with van der Waals surface area (Å²) < 4.78 is 16.1. The van der Waals surface area contributed by atoms with Crippen LogP contribution < -0.4 is 16.6 Å². The number of aromatic nitrogens is 5. The molecule has 0 saturated carbocycles. The predicted octanol–water partition coefficient (Wildman–Crippen LogP) is -0.255. The van der Waals surface area contributed by atoms with Gasteiger partial charge in [-0.3, -0.25) is 18.8 Å². The number of halogens is 1. The topological polar surface area (TPSA) is 115 Å². The minimum atomic E-state index is -0.796. The second-order valence-electron chi connectivity index (χ2n) is 5.40. The first-order chi connectivity index (χ1) is 12.6. The van der Waals surface area contributed by atoms with E-state index >= 15 is 0 Å². The Hall–Kier alpha value is -3.56.